The highest BCUT2D eigenvalue weighted by atomic mass is 16.5. The number of methoxy groups -OCH3 is 1. The Morgan fingerprint density at radius 3 is 2.55 bits per heavy atom. The van der Waals surface area contributed by atoms with Crippen LogP contribution in [-0.2, 0) is 17.7 Å². The highest BCUT2D eigenvalue weighted by molar-refractivity contribution is 5.51. The quantitative estimate of drug-likeness (QED) is 0.872. The summed E-state index contributed by atoms with van der Waals surface area (Å²) in [6.45, 7) is 1.46. The minimum Gasteiger partial charge on any atom is -0.384 e. The number of ether oxygens (including phenoxy) is 1. The Hall–Kier alpha value is -2.31. The zero-order chi connectivity index (χ0) is 14.2. The first-order chi connectivity index (χ1) is 9.83. The molecule has 0 saturated heterocycles. The van der Waals surface area contributed by atoms with E-state index in [0.29, 0.717) is 5.56 Å². The molecular weight excluding hydrogens is 248 g/mol. The van der Waals surface area contributed by atoms with Crippen LogP contribution in [0.3, 0.4) is 0 Å². The standard InChI is InChI=1S/C17H18N2O/c1-20-11-10-16-4-2-3-5-17(16)19-13-15-8-6-14(12-18)7-9-15/h2-9,19H,10-11,13H2,1H3. The number of para-hydroxylation sites is 1. The first-order valence-electron chi connectivity index (χ1n) is 6.63. The smallest absolute Gasteiger partial charge is 0.0991 e. The minimum atomic E-state index is 0.689. The summed E-state index contributed by atoms with van der Waals surface area (Å²) in [7, 11) is 1.72. The number of benzene rings is 2. The van der Waals surface area contributed by atoms with Crippen molar-refractivity contribution in [1.29, 1.82) is 5.26 Å². The number of nitriles is 1. The van der Waals surface area contributed by atoms with Crippen molar-refractivity contribution in [2.24, 2.45) is 0 Å². The molecule has 0 aliphatic carbocycles. The first kappa shape index (κ1) is 14.1. The van der Waals surface area contributed by atoms with Gasteiger partial charge in [0.15, 0.2) is 0 Å². The molecule has 0 aliphatic rings. The summed E-state index contributed by atoms with van der Waals surface area (Å²) in [6, 6.07) is 18.0. The molecule has 0 amide bonds. The predicted octanol–water partition coefficient (Wildman–Crippen LogP) is 3.36. The second-order valence-electron chi connectivity index (χ2n) is 4.56. The van der Waals surface area contributed by atoms with Crippen LogP contribution in [0.1, 0.15) is 16.7 Å². The lowest BCUT2D eigenvalue weighted by atomic mass is 10.1. The third-order valence-corrected chi connectivity index (χ3v) is 3.16. The van der Waals surface area contributed by atoms with E-state index in [0.717, 1.165) is 30.8 Å². The van der Waals surface area contributed by atoms with E-state index in [-0.39, 0.29) is 0 Å². The molecule has 0 atom stereocenters. The zero-order valence-electron chi connectivity index (χ0n) is 11.6. The van der Waals surface area contributed by atoms with Crippen LogP contribution < -0.4 is 5.32 Å². The molecule has 3 heteroatoms. The summed E-state index contributed by atoms with van der Waals surface area (Å²) in [5.41, 5.74) is 4.23. The summed E-state index contributed by atoms with van der Waals surface area (Å²) in [6.07, 6.45) is 0.896. The van der Waals surface area contributed by atoms with Crippen LogP contribution in [0.15, 0.2) is 48.5 Å². The van der Waals surface area contributed by atoms with Gasteiger partial charge in [0.1, 0.15) is 0 Å². The van der Waals surface area contributed by atoms with E-state index in [9.17, 15) is 0 Å². The van der Waals surface area contributed by atoms with Gasteiger partial charge < -0.3 is 10.1 Å². The van der Waals surface area contributed by atoms with E-state index in [1.54, 1.807) is 7.11 Å². The molecule has 0 spiro atoms. The van der Waals surface area contributed by atoms with Gasteiger partial charge in [-0.25, -0.2) is 0 Å². The molecule has 0 aromatic heterocycles. The molecule has 102 valence electrons. The lowest BCUT2D eigenvalue weighted by Crippen LogP contribution is -2.04. The Morgan fingerprint density at radius 1 is 1.10 bits per heavy atom. The van der Waals surface area contributed by atoms with E-state index >= 15 is 0 Å². The monoisotopic (exact) mass is 266 g/mol. The fraction of sp³-hybridized carbons (Fsp3) is 0.235. The van der Waals surface area contributed by atoms with Gasteiger partial charge >= 0.3 is 0 Å². The highest BCUT2D eigenvalue weighted by Gasteiger charge is 2.01. The Kier molecular flexibility index (Phi) is 5.16. The Bertz CT molecular complexity index is 585. The van der Waals surface area contributed by atoms with Crippen molar-refractivity contribution < 1.29 is 4.74 Å². The lowest BCUT2D eigenvalue weighted by molar-refractivity contribution is 0.202. The number of rotatable bonds is 6. The van der Waals surface area contributed by atoms with E-state index in [1.165, 1.54) is 5.56 Å². The second-order valence-corrected chi connectivity index (χ2v) is 4.56. The van der Waals surface area contributed by atoms with Crippen molar-refractivity contribution in [3.63, 3.8) is 0 Å². The van der Waals surface area contributed by atoms with Crippen molar-refractivity contribution >= 4 is 5.69 Å². The van der Waals surface area contributed by atoms with E-state index in [1.807, 2.05) is 36.4 Å². The van der Waals surface area contributed by atoms with Gasteiger partial charge in [-0.05, 0) is 35.7 Å². The van der Waals surface area contributed by atoms with Crippen LogP contribution in [0.25, 0.3) is 0 Å². The normalized spacial score (nSPS) is 10.0. The lowest BCUT2D eigenvalue weighted by Gasteiger charge is -2.12. The van der Waals surface area contributed by atoms with Gasteiger partial charge in [0.25, 0.3) is 0 Å². The summed E-state index contributed by atoms with van der Waals surface area (Å²) in [5, 5.41) is 12.2. The summed E-state index contributed by atoms with van der Waals surface area (Å²) < 4.78 is 5.13. The SMILES string of the molecule is COCCc1ccccc1NCc1ccc(C#N)cc1. The van der Waals surface area contributed by atoms with Crippen molar-refractivity contribution in [3.8, 4) is 6.07 Å². The van der Waals surface area contributed by atoms with Gasteiger partial charge in [0.2, 0.25) is 0 Å². The van der Waals surface area contributed by atoms with Crippen LogP contribution >= 0.6 is 0 Å². The second kappa shape index (κ2) is 7.32. The van der Waals surface area contributed by atoms with Crippen LogP contribution in [-0.4, -0.2) is 13.7 Å². The molecule has 0 fully saturated rings. The molecule has 2 rings (SSSR count). The Labute approximate surface area is 119 Å². The summed E-state index contributed by atoms with van der Waals surface area (Å²) in [5.74, 6) is 0. The Morgan fingerprint density at radius 2 is 1.85 bits per heavy atom. The van der Waals surface area contributed by atoms with Gasteiger partial charge in [0, 0.05) is 19.3 Å². The maximum Gasteiger partial charge on any atom is 0.0991 e. The zero-order valence-corrected chi connectivity index (χ0v) is 11.6. The topological polar surface area (TPSA) is 45.0 Å². The van der Waals surface area contributed by atoms with Crippen molar-refractivity contribution in [1.82, 2.24) is 0 Å². The van der Waals surface area contributed by atoms with Crippen molar-refractivity contribution in [3.05, 3.63) is 65.2 Å². The third-order valence-electron chi connectivity index (χ3n) is 3.16. The van der Waals surface area contributed by atoms with Crippen LogP contribution in [0.4, 0.5) is 5.69 Å². The van der Waals surface area contributed by atoms with Gasteiger partial charge in [0.05, 0.1) is 18.2 Å². The molecular formula is C17H18N2O. The first-order valence-corrected chi connectivity index (χ1v) is 6.63. The van der Waals surface area contributed by atoms with Crippen LogP contribution in [0, 0.1) is 11.3 Å². The van der Waals surface area contributed by atoms with Gasteiger partial charge in [-0.2, -0.15) is 5.26 Å². The Balaban J connectivity index is 2.01. The molecule has 0 aliphatic heterocycles. The predicted molar refractivity (Wildman–Crippen MR) is 80.5 cm³/mol. The number of nitrogens with zero attached hydrogens (tertiary/aromatic N) is 1. The maximum atomic E-state index is 8.78. The molecule has 0 heterocycles. The summed E-state index contributed by atoms with van der Waals surface area (Å²) in [4.78, 5) is 0. The maximum absolute atomic E-state index is 8.78. The molecule has 20 heavy (non-hydrogen) atoms. The largest absolute Gasteiger partial charge is 0.384 e. The number of hydrogen-bond acceptors (Lipinski definition) is 3. The van der Waals surface area contributed by atoms with E-state index < -0.39 is 0 Å². The molecule has 1 N–H and O–H groups in total. The number of anilines is 1. The summed E-state index contributed by atoms with van der Waals surface area (Å²) >= 11 is 0. The number of nitrogens with one attached hydrogen (secondary N) is 1. The van der Waals surface area contributed by atoms with Crippen molar-refractivity contribution in [2.45, 2.75) is 13.0 Å². The minimum absolute atomic E-state index is 0.689. The third kappa shape index (κ3) is 3.84. The molecule has 0 bridgehead atoms. The fourth-order valence-electron chi connectivity index (χ4n) is 2.02. The fourth-order valence-corrected chi connectivity index (χ4v) is 2.02. The molecule has 0 radical (unpaired) electrons. The average Bonchev–Trinajstić information content (AvgIpc) is 2.52. The van der Waals surface area contributed by atoms with Gasteiger partial charge in [-0.1, -0.05) is 30.3 Å². The van der Waals surface area contributed by atoms with Gasteiger partial charge in [-0.15, -0.1) is 0 Å². The van der Waals surface area contributed by atoms with E-state index in [2.05, 4.69) is 23.5 Å². The highest BCUT2D eigenvalue weighted by Crippen LogP contribution is 2.17. The molecule has 0 saturated carbocycles. The molecule has 2 aromatic carbocycles. The number of hydrogen-bond donors (Lipinski definition) is 1. The van der Waals surface area contributed by atoms with Crippen LogP contribution in [0.2, 0.25) is 0 Å². The van der Waals surface area contributed by atoms with Crippen molar-refractivity contribution in [2.75, 3.05) is 19.0 Å². The molecule has 2 aromatic rings. The molecule has 3 nitrogen and oxygen atoms in total. The molecule has 0 unspecified atom stereocenters. The van der Waals surface area contributed by atoms with Crippen LogP contribution in [0.5, 0.6) is 0 Å². The average molecular weight is 266 g/mol. The van der Waals surface area contributed by atoms with Gasteiger partial charge in [-0.3, -0.25) is 0 Å². The van der Waals surface area contributed by atoms with E-state index in [4.69, 9.17) is 10.00 Å².